The van der Waals surface area contributed by atoms with E-state index in [1.165, 1.54) is 21.0 Å². The van der Waals surface area contributed by atoms with Crippen LogP contribution >= 0.6 is 0 Å². The van der Waals surface area contributed by atoms with Crippen LogP contribution in [-0.2, 0) is 23.0 Å². The zero-order chi connectivity index (χ0) is 22.0. The van der Waals surface area contributed by atoms with E-state index in [0.29, 0.717) is 45.1 Å². The van der Waals surface area contributed by atoms with Crippen molar-refractivity contribution in [3.05, 3.63) is 53.6 Å². The van der Waals surface area contributed by atoms with Gasteiger partial charge in [-0.1, -0.05) is 30.3 Å². The first-order valence-corrected chi connectivity index (χ1v) is 12.4. The Morgan fingerprint density at radius 3 is 2.52 bits per heavy atom. The molecule has 0 aliphatic carbocycles. The standard InChI is InChI=1S/C23H28N2O5S/c1-31(28,29)25-12-9-20-13-19(5-6-21(20)15-25)18-3-2-4-22(14-18)30-16-17-7-10-24(11-8-17)23(26)27/h2-6,13-14,17H,7-12,15-16H2,1H3,(H,26,27). The van der Waals surface area contributed by atoms with Crippen molar-refractivity contribution < 1.29 is 23.1 Å². The number of benzene rings is 2. The first-order chi connectivity index (χ1) is 14.8. The number of nitrogens with zero attached hydrogens (tertiary/aromatic N) is 2. The second-order valence-corrected chi connectivity index (χ2v) is 10.4. The lowest BCUT2D eigenvalue weighted by molar-refractivity contribution is 0.111. The number of amides is 1. The molecule has 0 radical (unpaired) electrons. The number of carboxylic acid groups (broad SMARTS) is 1. The van der Waals surface area contributed by atoms with Crippen molar-refractivity contribution in [3.63, 3.8) is 0 Å². The fourth-order valence-corrected chi connectivity index (χ4v) is 5.06. The Hall–Kier alpha value is -2.58. The number of hydrogen-bond donors (Lipinski definition) is 1. The highest BCUT2D eigenvalue weighted by molar-refractivity contribution is 7.88. The van der Waals surface area contributed by atoms with Gasteiger partial charge in [0.2, 0.25) is 10.0 Å². The second kappa shape index (κ2) is 8.88. The number of rotatable bonds is 5. The maximum Gasteiger partial charge on any atom is 0.407 e. The molecule has 1 saturated heterocycles. The smallest absolute Gasteiger partial charge is 0.407 e. The molecular formula is C23H28N2O5S. The molecule has 2 aromatic carbocycles. The van der Waals surface area contributed by atoms with Crippen LogP contribution in [0.2, 0.25) is 0 Å². The van der Waals surface area contributed by atoms with Gasteiger partial charge in [-0.2, -0.15) is 4.31 Å². The van der Waals surface area contributed by atoms with Crippen LogP contribution in [-0.4, -0.2) is 61.3 Å². The van der Waals surface area contributed by atoms with Crippen LogP contribution in [0.5, 0.6) is 5.75 Å². The van der Waals surface area contributed by atoms with Crippen molar-refractivity contribution in [1.29, 1.82) is 0 Å². The van der Waals surface area contributed by atoms with Crippen LogP contribution in [0.1, 0.15) is 24.0 Å². The maximum atomic E-state index is 11.8. The fourth-order valence-electron chi connectivity index (χ4n) is 4.26. The van der Waals surface area contributed by atoms with Crippen molar-refractivity contribution in [3.8, 4) is 16.9 Å². The van der Waals surface area contributed by atoms with Crippen molar-refractivity contribution in [2.45, 2.75) is 25.8 Å². The summed E-state index contributed by atoms with van der Waals surface area (Å²) in [7, 11) is -3.17. The van der Waals surface area contributed by atoms with Gasteiger partial charge >= 0.3 is 6.09 Å². The Kier molecular flexibility index (Phi) is 6.20. The summed E-state index contributed by atoms with van der Waals surface area (Å²) in [6.45, 7) is 2.66. The quantitative estimate of drug-likeness (QED) is 0.763. The number of sulfonamides is 1. The van der Waals surface area contributed by atoms with Gasteiger partial charge in [0.1, 0.15) is 5.75 Å². The van der Waals surface area contributed by atoms with Gasteiger partial charge in [0.05, 0.1) is 12.9 Å². The van der Waals surface area contributed by atoms with E-state index in [-0.39, 0.29) is 0 Å². The molecular weight excluding hydrogens is 416 g/mol. The lowest BCUT2D eigenvalue weighted by Gasteiger charge is -2.29. The van der Waals surface area contributed by atoms with Crippen molar-refractivity contribution in [2.75, 3.05) is 32.5 Å². The van der Waals surface area contributed by atoms with E-state index in [1.54, 1.807) is 0 Å². The fraction of sp³-hybridized carbons (Fsp3) is 0.435. The van der Waals surface area contributed by atoms with Gasteiger partial charge in [0.15, 0.2) is 0 Å². The van der Waals surface area contributed by atoms with Crippen molar-refractivity contribution >= 4 is 16.1 Å². The van der Waals surface area contributed by atoms with E-state index < -0.39 is 16.1 Å². The zero-order valence-electron chi connectivity index (χ0n) is 17.7. The third kappa shape index (κ3) is 5.19. The summed E-state index contributed by atoms with van der Waals surface area (Å²) in [5, 5.41) is 9.06. The molecule has 166 valence electrons. The monoisotopic (exact) mass is 444 g/mol. The maximum absolute atomic E-state index is 11.8. The number of hydrogen-bond acceptors (Lipinski definition) is 4. The lowest BCUT2D eigenvalue weighted by Crippen LogP contribution is -2.38. The van der Waals surface area contributed by atoms with Crippen LogP contribution in [0, 0.1) is 5.92 Å². The molecule has 0 unspecified atom stereocenters. The number of likely N-dealkylation sites (tertiary alicyclic amines) is 1. The third-order valence-corrected chi connectivity index (χ3v) is 7.44. The van der Waals surface area contributed by atoms with Crippen molar-refractivity contribution in [1.82, 2.24) is 9.21 Å². The minimum absolute atomic E-state index is 0.362. The Labute approximate surface area is 183 Å². The van der Waals surface area contributed by atoms with Gasteiger partial charge in [-0.05, 0) is 59.6 Å². The van der Waals surface area contributed by atoms with E-state index in [9.17, 15) is 13.2 Å². The summed E-state index contributed by atoms with van der Waals surface area (Å²) >= 11 is 0. The van der Waals surface area contributed by atoms with Crippen LogP contribution in [0.25, 0.3) is 11.1 Å². The molecule has 2 aromatic rings. The summed E-state index contributed by atoms with van der Waals surface area (Å²) < 4.78 is 31.2. The highest BCUT2D eigenvalue weighted by Crippen LogP contribution is 2.29. The molecule has 1 amide bonds. The molecule has 0 aromatic heterocycles. The highest BCUT2D eigenvalue weighted by Gasteiger charge is 2.24. The van der Waals surface area contributed by atoms with Gasteiger partial charge in [0, 0.05) is 26.2 Å². The Bertz CT molecular complexity index is 1060. The van der Waals surface area contributed by atoms with Crippen LogP contribution in [0.4, 0.5) is 4.79 Å². The summed E-state index contributed by atoms with van der Waals surface area (Å²) in [5.74, 6) is 1.17. The van der Waals surface area contributed by atoms with Gasteiger partial charge in [0.25, 0.3) is 0 Å². The van der Waals surface area contributed by atoms with E-state index in [0.717, 1.165) is 35.3 Å². The number of piperidine rings is 1. The van der Waals surface area contributed by atoms with Gasteiger partial charge in [-0.3, -0.25) is 0 Å². The molecule has 7 nitrogen and oxygen atoms in total. The largest absolute Gasteiger partial charge is 0.493 e. The van der Waals surface area contributed by atoms with Crippen LogP contribution in [0.15, 0.2) is 42.5 Å². The van der Waals surface area contributed by atoms with Gasteiger partial charge < -0.3 is 14.7 Å². The molecule has 8 heteroatoms. The molecule has 2 heterocycles. The molecule has 1 fully saturated rings. The average molecular weight is 445 g/mol. The normalized spacial score (nSPS) is 17.9. The molecule has 0 saturated carbocycles. The molecule has 0 bridgehead atoms. The molecule has 4 rings (SSSR count). The molecule has 2 aliphatic heterocycles. The SMILES string of the molecule is CS(=O)(=O)N1CCc2cc(-c3cccc(OCC4CCN(C(=O)O)CC4)c3)ccc2C1. The van der Waals surface area contributed by atoms with E-state index in [4.69, 9.17) is 9.84 Å². The molecule has 31 heavy (non-hydrogen) atoms. The minimum Gasteiger partial charge on any atom is -0.493 e. The van der Waals surface area contributed by atoms with E-state index in [1.807, 2.05) is 36.4 Å². The van der Waals surface area contributed by atoms with E-state index >= 15 is 0 Å². The molecule has 1 N–H and O–H groups in total. The minimum atomic E-state index is -3.17. The summed E-state index contributed by atoms with van der Waals surface area (Å²) in [6.07, 6.45) is 2.76. The predicted octanol–water partition coefficient (Wildman–Crippen LogP) is 3.44. The first-order valence-electron chi connectivity index (χ1n) is 10.6. The van der Waals surface area contributed by atoms with E-state index in [2.05, 4.69) is 6.07 Å². The Morgan fingerprint density at radius 1 is 1.06 bits per heavy atom. The predicted molar refractivity (Wildman–Crippen MR) is 119 cm³/mol. The topological polar surface area (TPSA) is 87.2 Å². The summed E-state index contributed by atoms with van der Waals surface area (Å²) in [5.41, 5.74) is 4.40. The molecule has 2 aliphatic rings. The number of ether oxygens (including phenoxy) is 1. The third-order valence-electron chi connectivity index (χ3n) is 6.19. The lowest BCUT2D eigenvalue weighted by atomic mass is 9.95. The average Bonchev–Trinajstić information content (AvgIpc) is 2.77. The van der Waals surface area contributed by atoms with Gasteiger partial charge in [-0.15, -0.1) is 0 Å². The Balaban J connectivity index is 1.40. The van der Waals surface area contributed by atoms with Crippen molar-refractivity contribution in [2.24, 2.45) is 5.92 Å². The van der Waals surface area contributed by atoms with Crippen LogP contribution < -0.4 is 4.74 Å². The Morgan fingerprint density at radius 2 is 1.81 bits per heavy atom. The number of fused-ring (bicyclic) bond motifs is 1. The molecule has 0 atom stereocenters. The first kappa shape index (κ1) is 21.6. The second-order valence-electron chi connectivity index (χ2n) is 8.38. The summed E-state index contributed by atoms with van der Waals surface area (Å²) in [4.78, 5) is 12.5. The summed E-state index contributed by atoms with van der Waals surface area (Å²) in [6, 6.07) is 14.2. The van der Waals surface area contributed by atoms with Gasteiger partial charge in [-0.25, -0.2) is 13.2 Å². The van der Waals surface area contributed by atoms with Crippen LogP contribution in [0.3, 0.4) is 0 Å². The number of carbonyl (C=O) groups is 1. The highest BCUT2D eigenvalue weighted by atomic mass is 32.2. The zero-order valence-corrected chi connectivity index (χ0v) is 18.5. The molecule has 0 spiro atoms.